The molecule has 0 unspecified atom stereocenters. The number of thiazole rings is 1. The van der Waals surface area contributed by atoms with Crippen LogP contribution in [0.5, 0.6) is 5.75 Å². The lowest BCUT2D eigenvalue weighted by molar-refractivity contribution is -0.384. The minimum absolute atomic E-state index is 0.0214. The fourth-order valence-corrected chi connectivity index (χ4v) is 6.10. The van der Waals surface area contributed by atoms with E-state index in [0.29, 0.717) is 26.4 Å². The summed E-state index contributed by atoms with van der Waals surface area (Å²) >= 11 is 2.72. The maximum Gasteiger partial charge on any atom is 0.338 e. The molecule has 5 rings (SSSR count). The Labute approximate surface area is 230 Å². The molecule has 39 heavy (non-hydrogen) atoms. The number of fused-ring (bicyclic) bond motifs is 1. The zero-order valence-corrected chi connectivity index (χ0v) is 22.7. The number of non-ortho nitro benzene ring substituents is 1. The van der Waals surface area contributed by atoms with Crippen molar-refractivity contribution in [1.29, 1.82) is 0 Å². The molecular weight excluding hydrogens is 538 g/mol. The highest BCUT2D eigenvalue weighted by Crippen LogP contribution is 2.33. The molecule has 1 aliphatic rings. The Hall–Kier alpha value is -4.35. The van der Waals surface area contributed by atoms with E-state index in [0.717, 1.165) is 16.0 Å². The van der Waals surface area contributed by atoms with Gasteiger partial charge in [-0.2, -0.15) is 0 Å². The smallest absolute Gasteiger partial charge is 0.338 e. The van der Waals surface area contributed by atoms with E-state index in [2.05, 4.69) is 4.99 Å². The highest BCUT2D eigenvalue weighted by atomic mass is 32.1. The van der Waals surface area contributed by atoms with Crippen LogP contribution in [0.3, 0.4) is 0 Å². The number of nitro benzene ring substituents is 1. The number of esters is 1. The van der Waals surface area contributed by atoms with Crippen LogP contribution >= 0.6 is 22.7 Å². The molecule has 0 amide bonds. The summed E-state index contributed by atoms with van der Waals surface area (Å²) in [6, 6.07) is 16.7. The Kier molecular flexibility index (Phi) is 7.53. The van der Waals surface area contributed by atoms with Gasteiger partial charge in [0, 0.05) is 17.0 Å². The normalized spacial score (nSPS) is 15.0. The summed E-state index contributed by atoms with van der Waals surface area (Å²) in [6.07, 6.45) is 1.78. The maximum atomic E-state index is 13.7. The molecule has 0 spiro atoms. The van der Waals surface area contributed by atoms with Crippen LogP contribution in [-0.2, 0) is 16.1 Å². The van der Waals surface area contributed by atoms with Gasteiger partial charge in [-0.1, -0.05) is 29.5 Å². The summed E-state index contributed by atoms with van der Waals surface area (Å²) in [6.45, 7) is 3.96. The van der Waals surface area contributed by atoms with E-state index in [-0.39, 0.29) is 24.5 Å². The zero-order chi connectivity index (χ0) is 27.5. The predicted octanol–water partition coefficient (Wildman–Crippen LogP) is 4.35. The van der Waals surface area contributed by atoms with Gasteiger partial charge in [0.1, 0.15) is 18.4 Å². The van der Waals surface area contributed by atoms with E-state index in [1.807, 2.05) is 35.7 Å². The first-order valence-electron chi connectivity index (χ1n) is 12.0. The fourth-order valence-electron chi connectivity index (χ4n) is 4.23. The molecule has 0 fully saturated rings. The highest BCUT2D eigenvalue weighted by molar-refractivity contribution is 7.10. The Morgan fingerprint density at radius 3 is 2.67 bits per heavy atom. The third kappa shape index (κ3) is 5.45. The number of benzene rings is 2. The number of ether oxygens (including phenoxy) is 2. The topological polar surface area (TPSA) is 113 Å². The first kappa shape index (κ1) is 26.3. The van der Waals surface area contributed by atoms with Crippen LogP contribution in [0.4, 0.5) is 5.69 Å². The Morgan fingerprint density at radius 2 is 1.97 bits per heavy atom. The summed E-state index contributed by atoms with van der Waals surface area (Å²) in [7, 11) is 0. The second kappa shape index (κ2) is 11.2. The molecule has 0 saturated carbocycles. The van der Waals surface area contributed by atoms with Crippen LogP contribution in [0.1, 0.15) is 35.9 Å². The molecule has 0 radical (unpaired) electrons. The lowest BCUT2D eigenvalue weighted by atomic mass is 10.0. The molecule has 2 aromatic carbocycles. The van der Waals surface area contributed by atoms with E-state index in [4.69, 9.17) is 9.47 Å². The molecule has 0 saturated heterocycles. The Morgan fingerprint density at radius 1 is 1.18 bits per heavy atom. The molecule has 1 aliphatic heterocycles. The first-order chi connectivity index (χ1) is 18.9. The van der Waals surface area contributed by atoms with Gasteiger partial charge in [0.05, 0.1) is 27.3 Å². The molecule has 0 aliphatic carbocycles. The van der Waals surface area contributed by atoms with Crippen molar-refractivity contribution in [3.8, 4) is 5.75 Å². The molecule has 0 bridgehead atoms. The monoisotopic (exact) mass is 561 g/mol. The van der Waals surface area contributed by atoms with Crippen molar-refractivity contribution >= 4 is 40.4 Å². The fraction of sp³-hybridized carbons (Fsp3) is 0.179. The molecule has 9 nitrogen and oxygen atoms in total. The van der Waals surface area contributed by atoms with Gasteiger partial charge in [0.2, 0.25) is 0 Å². The largest absolute Gasteiger partial charge is 0.489 e. The van der Waals surface area contributed by atoms with Gasteiger partial charge in [-0.25, -0.2) is 9.79 Å². The molecule has 3 heterocycles. The highest BCUT2D eigenvalue weighted by Gasteiger charge is 2.33. The van der Waals surface area contributed by atoms with Crippen molar-refractivity contribution in [3.63, 3.8) is 0 Å². The Bertz CT molecular complexity index is 1750. The van der Waals surface area contributed by atoms with Crippen molar-refractivity contribution in [1.82, 2.24) is 4.57 Å². The molecule has 1 atom stereocenters. The van der Waals surface area contributed by atoms with Gasteiger partial charge < -0.3 is 9.47 Å². The number of allylic oxidation sites excluding steroid dienone is 1. The first-order valence-corrected chi connectivity index (χ1v) is 13.7. The third-order valence-electron chi connectivity index (χ3n) is 6.04. The van der Waals surface area contributed by atoms with Crippen LogP contribution in [0, 0.1) is 10.1 Å². The van der Waals surface area contributed by atoms with Crippen LogP contribution in [0.15, 0.2) is 87.1 Å². The summed E-state index contributed by atoms with van der Waals surface area (Å²) in [5.41, 5.74) is 2.22. The SMILES string of the molecule is CCOC(=O)C1=C(C)N=c2s/c(=C/c3cccc(OCc4ccc([N+](=O)[O-])cc4)c3)c(=O)n2[C@@H]1c1cccs1. The van der Waals surface area contributed by atoms with Gasteiger partial charge in [-0.05, 0) is 66.8 Å². The molecule has 0 N–H and O–H groups in total. The van der Waals surface area contributed by atoms with E-state index < -0.39 is 16.9 Å². The zero-order valence-electron chi connectivity index (χ0n) is 21.0. The van der Waals surface area contributed by atoms with E-state index in [9.17, 15) is 19.7 Å². The van der Waals surface area contributed by atoms with Crippen molar-refractivity contribution < 1.29 is 19.2 Å². The van der Waals surface area contributed by atoms with Crippen LogP contribution in [0.2, 0.25) is 0 Å². The molecule has 4 aromatic rings. The number of nitro groups is 1. The molecule has 2 aromatic heterocycles. The number of hydrogen-bond acceptors (Lipinski definition) is 9. The quantitative estimate of drug-likeness (QED) is 0.180. The summed E-state index contributed by atoms with van der Waals surface area (Å²) in [5, 5.41) is 12.8. The number of aromatic nitrogens is 1. The van der Waals surface area contributed by atoms with Gasteiger partial charge in [0.15, 0.2) is 4.80 Å². The van der Waals surface area contributed by atoms with Crippen LogP contribution in [-0.4, -0.2) is 22.1 Å². The number of thiophene rings is 1. The van der Waals surface area contributed by atoms with E-state index in [1.54, 1.807) is 42.7 Å². The number of nitrogens with zero attached hydrogens (tertiary/aromatic N) is 3. The average molecular weight is 562 g/mol. The number of carbonyl (C=O) groups excluding carboxylic acids is 1. The number of rotatable bonds is 8. The Balaban J connectivity index is 1.47. The van der Waals surface area contributed by atoms with Gasteiger partial charge in [0.25, 0.3) is 11.2 Å². The maximum absolute atomic E-state index is 13.7. The van der Waals surface area contributed by atoms with Crippen LogP contribution < -0.4 is 19.6 Å². The average Bonchev–Trinajstić information content (AvgIpc) is 3.56. The third-order valence-corrected chi connectivity index (χ3v) is 7.95. The predicted molar refractivity (Wildman–Crippen MR) is 149 cm³/mol. The van der Waals surface area contributed by atoms with Crippen LogP contribution in [0.25, 0.3) is 6.08 Å². The van der Waals surface area contributed by atoms with Gasteiger partial charge >= 0.3 is 5.97 Å². The number of hydrogen-bond donors (Lipinski definition) is 0. The minimum Gasteiger partial charge on any atom is -0.489 e. The summed E-state index contributed by atoms with van der Waals surface area (Å²) in [4.78, 5) is 42.9. The molecule has 11 heteroatoms. The lowest BCUT2D eigenvalue weighted by Gasteiger charge is -2.23. The lowest BCUT2D eigenvalue weighted by Crippen LogP contribution is -2.39. The van der Waals surface area contributed by atoms with E-state index >= 15 is 0 Å². The number of carbonyl (C=O) groups is 1. The van der Waals surface area contributed by atoms with Crippen molar-refractivity contribution in [2.75, 3.05) is 6.61 Å². The van der Waals surface area contributed by atoms with Gasteiger partial charge in [-0.3, -0.25) is 19.5 Å². The van der Waals surface area contributed by atoms with Crippen molar-refractivity contribution in [2.45, 2.75) is 26.5 Å². The summed E-state index contributed by atoms with van der Waals surface area (Å²) in [5.74, 6) is 0.107. The van der Waals surface area contributed by atoms with Crippen molar-refractivity contribution in [2.24, 2.45) is 4.99 Å². The van der Waals surface area contributed by atoms with E-state index in [1.165, 1.54) is 34.8 Å². The molecular formula is C28H23N3O6S2. The standard InChI is InChI=1S/C28H23N3O6S2/c1-3-36-27(33)24-17(2)29-28-30(25(24)22-8-5-13-38-22)26(32)23(39-28)15-19-6-4-7-21(14-19)37-16-18-9-11-20(12-10-18)31(34)35/h4-15,25H,3,16H2,1-2H3/b23-15+/t25-/m1/s1. The molecule has 198 valence electrons. The van der Waals surface area contributed by atoms with Gasteiger partial charge in [-0.15, -0.1) is 11.3 Å². The summed E-state index contributed by atoms with van der Waals surface area (Å²) < 4.78 is 13.2. The minimum atomic E-state index is -0.612. The second-order valence-corrected chi connectivity index (χ2v) is 10.6. The second-order valence-electron chi connectivity index (χ2n) is 8.60. The van der Waals surface area contributed by atoms with Crippen molar-refractivity contribution in [3.05, 3.63) is 123 Å².